The Hall–Kier alpha value is -1.60. The number of hydrogen-bond acceptors (Lipinski definition) is 3. The van der Waals surface area contributed by atoms with Crippen LogP contribution in [0, 0.1) is 6.92 Å². The Balaban J connectivity index is 2.47. The fourth-order valence-electron chi connectivity index (χ4n) is 2.19. The fraction of sp³-hybridized carbons (Fsp3) is 0.588. The van der Waals surface area contributed by atoms with Gasteiger partial charge in [-0.1, -0.05) is 29.8 Å². The van der Waals surface area contributed by atoms with Crippen LogP contribution in [0.4, 0.5) is 0 Å². The Labute approximate surface area is 146 Å². The van der Waals surface area contributed by atoms with Gasteiger partial charge in [0.15, 0.2) is 5.96 Å². The van der Waals surface area contributed by atoms with E-state index >= 15 is 0 Å². The first kappa shape index (κ1) is 20.4. The Morgan fingerprint density at radius 2 is 2.00 bits per heavy atom. The molecule has 1 aromatic carbocycles. The van der Waals surface area contributed by atoms with Gasteiger partial charge in [-0.3, -0.25) is 0 Å². The zero-order chi connectivity index (χ0) is 18.0. The second kappa shape index (κ2) is 10.3. The van der Waals surface area contributed by atoms with Gasteiger partial charge in [-0.15, -0.1) is 0 Å². The molecule has 7 heteroatoms. The highest BCUT2D eigenvalue weighted by Gasteiger charge is 2.13. The van der Waals surface area contributed by atoms with Crippen LogP contribution in [-0.4, -0.2) is 51.1 Å². The minimum atomic E-state index is -3.10. The summed E-state index contributed by atoms with van der Waals surface area (Å²) in [7, 11) is -1.48. The lowest BCUT2D eigenvalue weighted by Crippen LogP contribution is -2.39. The molecule has 0 aliphatic heterocycles. The summed E-state index contributed by atoms with van der Waals surface area (Å²) < 4.78 is 24.8. The predicted octanol–water partition coefficient (Wildman–Crippen LogP) is 1.72. The van der Waals surface area contributed by atoms with Crippen molar-refractivity contribution in [3.63, 3.8) is 0 Å². The Kier molecular flexibility index (Phi) is 8.78. The molecular formula is C17H30N4O2S. The minimum Gasteiger partial charge on any atom is -0.357 e. The monoisotopic (exact) mass is 354 g/mol. The van der Waals surface area contributed by atoms with Gasteiger partial charge in [-0.05, 0) is 32.8 Å². The molecule has 0 saturated heterocycles. The average molecular weight is 355 g/mol. The maximum Gasteiger partial charge on any atom is 0.213 e. The van der Waals surface area contributed by atoms with E-state index in [0.29, 0.717) is 19.6 Å². The lowest BCUT2D eigenvalue weighted by Gasteiger charge is -2.16. The van der Waals surface area contributed by atoms with Crippen molar-refractivity contribution in [2.45, 2.75) is 33.7 Å². The van der Waals surface area contributed by atoms with Crippen LogP contribution < -0.4 is 10.6 Å². The Morgan fingerprint density at radius 1 is 1.25 bits per heavy atom. The number of rotatable bonds is 9. The minimum absolute atomic E-state index is 0.136. The van der Waals surface area contributed by atoms with Gasteiger partial charge < -0.3 is 10.6 Å². The van der Waals surface area contributed by atoms with E-state index in [9.17, 15) is 8.42 Å². The lowest BCUT2D eigenvalue weighted by molar-refractivity contribution is 0.461. The van der Waals surface area contributed by atoms with Crippen LogP contribution in [0.25, 0.3) is 0 Å². The lowest BCUT2D eigenvalue weighted by atomic mass is 10.1. The van der Waals surface area contributed by atoms with E-state index in [1.54, 1.807) is 14.0 Å². The van der Waals surface area contributed by atoms with Gasteiger partial charge in [-0.25, -0.2) is 17.7 Å². The van der Waals surface area contributed by atoms with Gasteiger partial charge >= 0.3 is 0 Å². The van der Waals surface area contributed by atoms with E-state index in [1.165, 1.54) is 15.4 Å². The zero-order valence-electron chi connectivity index (χ0n) is 15.2. The summed E-state index contributed by atoms with van der Waals surface area (Å²) in [6.07, 6.45) is 0.727. The third kappa shape index (κ3) is 7.31. The fourth-order valence-corrected chi connectivity index (χ4v) is 3.04. The number of guanidine groups is 1. The van der Waals surface area contributed by atoms with Crippen molar-refractivity contribution in [2.75, 3.05) is 32.4 Å². The molecule has 0 spiro atoms. The highest BCUT2D eigenvalue weighted by atomic mass is 32.2. The topological polar surface area (TPSA) is 73.8 Å². The van der Waals surface area contributed by atoms with Crippen LogP contribution in [-0.2, 0) is 16.6 Å². The predicted molar refractivity (Wildman–Crippen MR) is 101 cm³/mol. The van der Waals surface area contributed by atoms with E-state index in [0.717, 1.165) is 18.9 Å². The molecule has 0 radical (unpaired) electrons. The second-order valence-corrected chi connectivity index (χ2v) is 8.05. The van der Waals surface area contributed by atoms with Crippen LogP contribution in [0.2, 0.25) is 0 Å². The van der Waals surface area contributed by atoms with Crippen LogP contribution >= 0.6 is 0 Å². The average Bonchev–Trinajstić information content (AvgIpc) is 2.56. The summed E-state index contributed by atoms with van der Waals surface area (Å²) in [6, 6.07) is 8.28. The van der Waals surface area contributed by atoms with Crippen molar-refractivity contribution in [2.24, 2.45) is 4.99 Å². The molecule has 6 nitrogen and oxygen atoms in total. The van der Waals surface area contributed by atoms with E-state index in [4.69, 9.17) is 0 Å². The van der Waals surface area contributed by atoms with E-state index in [-0.39, 0.29) is 5.75 Å². The molecule has 0 saturated carbocycles. The standard InChI is InChI=1S/C17H30N4O2S/c1-5-18-17(20-14-16-10-7-9-15(3)13-16)19-11-8-12-21(4)24(22,23)6-2/h7,9-10,13H,5-6,8,11-12,14H2,1-4H3,(H2,18,19,20). The van der Waals surface area contributed by atoms with Crippen LogP contribution in [0.1, 0.15) is 31.4 Å². The molecular weight excluding hydrogens is 324 g/mol. The number of nitrogens with zero attached hydrogens (tertiary/aromatic N) is 2. The molecule has 136 valence electrons. The summed E-state index contributed by atoms with van der Waals surface area (Å²) >= 11 is 0. The number of benzene rings is 1. The molecule has 24 heavy (non-hydrogen) atoms. The molecule has 1 rings (SSSR count). The number of sulfonamides is 1. The highest BCUT2D eigenvalue weighted by Crippen LogP contribution is 2.05. The maximum absolute atomic E-state index is 11.7. The van der Waals surface area contributed by atoms with Gasteiger partial charge in [0.1, 0.15) is 0 Å². The molecule has 0 fully saturated rings. The normalized spacial score (nSPS) is 12.5. The van der Waals surface area contributed by atoms with Crippen molar-refractivity contribution in [1.82, 2.24) is 14.9 Å². The molecule has 1 aromatic rings. The summed E-state index contributed by atoms with van der Waals surface area (Å²) in [5, 5.41) is 6.45. The maximum atomic E-state index is 11.7. The third-order valence-electron chi connectivity index (χ3n) is 3.63. The van der Waals surface area contributed by atoms with E-state index < -0.39 is 10.0 Å². The smallest absolute Gasteiger partial charge is 0.213 e. The van der Waals surface area contributed by atoms with Crippen molar-refractivity contribution in [3.8, 4) is 0 Å². The van der Waals surface area contributed by atoms with Gasteiger partial charge in [0.2, 0.25) is 10.0 Å². The molecule has 0 amide bonds. The molecule has 0 aromatic heterocycles. The van der Waals surface area contributed by atoms with Gasteiger partial charge in [0.05, 0.1) is 12.3 Å². The molecule has 0 unspecified atom stereocenters. The third-order valence-corrected chi connectivity index (χ3v) is 5.49. The number of hydrogen-bond donors (Lipinski definition) is 2. The molecule has 2 N–H and O–H groups in total. The highest BCUT2D eigenvalue weighted by molar-refractivity contribution is 7.89. The summed E-state index contributed by atoms with van der Waals surface area (Å²) in [4.78, 5) is 4.57. The molecule has 0 aliphatic rings. The first-order chi connectivity index (χ1) is 11.4. The largest absolute Gasteiger partial charge is 0.357 e. The van der Waals surface area contributed by atoms with Crippen molar-refractivity contribution in [3.05, 3.63) is 35.4 Å². The number of nitrogens with one attached hydrogen (secondary N) is 2. The number of aryl methyl sites for hydroxylation is 1. The van der Waals surface area contributed by atoms with Crippen LogP contribution in [0.5, 0.6) is 0 Å². The SMILES string of the molecule is CCNC(=NCc1cccc(C)c1)NCCCN(C)S(=O)(=O)CC. The van der Waals surface area contributed by atoms with Crippen molar-refractivity contribution in [1.29, 1.82) is 0 Å². The summed E-state index contributed by atoms with van der Waals surface area (Å²) in [6.45, 7) is 8.31. The van der Waals surface area contributed by atoms with Gasteiger partial charge in [-0.2, -0.15) is 0 Å². The molecule has 0 aliphatic carbocycles. The van der Waals surface area contributed by atoms with Gasteiger partial charge in [0, 0.05) is 26.7 Å². The van der Waals surface area contributed by atoms with Crippen molar-refractivity contribution < 1.29 is 8.42 Å². The molecule has 0 atom stereocenters. The second-order valence-electron chi connectivity index (χ2n) is 5.69. The first-order valence-electron chi connectivity index (χ1n) is 8.40. The molecule has 0 heterocycles. The first-order valence-corrected chi connectivity index (χ1v) is 10.0. The summed E-state index contributed by atoms with van der Waals surface area (Å²) in [5.41, 5.74) is 2.39. The molecule has 0 bridgehead atoms. The van der Waals surface area contributed by atoms with Crippen molar-refractivity contribution >= 4 is 16.0 Å². The van der Waals surface area contributed by atoms with Crippen LogP contribution in [0.15, 0.2) is 29.3 Å². The summed E-state index contributed by atoms with van der Waals surface area (Å²) in [5.74, 6) is 0.886. The van der Waals surface area contributed by atoms with Gasteiger partial charge in [0.25, 0.3) is 0 Å². The Bertz CT molecular complexity index is 629. The van der Waals surface area contributed by atoms with Crippen LogP contribution in [0.3, 0.4) is 0 Å². The number of aliphatic imine (C=N–C) groups is 1. The zero-order valence-corrected chi connectivity index (χ0v) is 16.0. The van der Waals surface area contributed by atoms with E-state index in [2.05, 4.69) is 40.7 Å². The van der Waals surface area contributed by atoms with E-state index in [1.807, 2.05) is 13.0 Å². The Morgan fingerprint density at radius 3 is 2.62 bits per heavy atom. The quantitative estimate of drug-likeness (QED) is 0.402.